The highest BCUT2D eigenvalue weighted by molar-refractivity contribution is 7.00. The van der Waals surface area contributed by atoms with Gasteiger partial charge < -0.3 is 9.13 Å². The van der Waals surface area contributed by atoms with Crippen LogP contribution < -0.4 is 16.4 Å². The summed E-state index contributed by atoms with van der Waals surface area (Å²) >= 11 is 0. The third-order valence-electron chi connectivity index (χ3n) is 15.7. The molecule has 0 fully saturated rings. The van der Waals surface area contributed by atoms with Crippen molar-refractivity contribution < 1.29 is 0 Å². The number of rotatable bonds is 0. The van der Waals surface area contributed by atoms with E-state index >= 15 is 0 Å². The molecule has 0 radical (unpaired) electrons. The van der Waals surface area contributed by atoms with Gasteiger partial charge in [-0.1, -0.05) is 162 Å². The summed E-state index contributed by atoms with van der Waals surface area (Å²) in [5, 5.41) is 5.50. The van der Waals surface area contributed by atoms with Gasteiger partial charge in [0.15, 0.2) is 0 Å². The van der Waals surface area contributed by atoms with Gasteiger partial charge in [-0.25, -0.2) is 0 Å². The molecule has 4 aliphatic rings. The molecule has 0 bridgehead atoms. The number of benzene rings is 7. The van der Waals surface area contributed by atoms with E-state index in [0.29, 0.717) is 0 Å². The molecule has 0 N–H and O–H groups in total. The molecule has 7 aromatic carbocycles. The highest BCUT2D eigenvalue weighted by Crippen LogP contribution is 2.62. The van der Waals surface area contributed by atoms with Gasteiger partial charge in [0.1, 0.15) is 0 Å². The van der Waals surface area contributed by atoms with Crippen LogP contribution in [-0.4, -0.2) is 15.8 Å². The Balaban J connectivity index is 1.31. The third-order valence-corrected chi connectivity index (χ3v) is 15.7. The average molecular weight is 803 g/mol. The van der Waals surface area contributed by atoms with Gasteiger partial charge in [0.25, 0.3) is 6.71 Å². The molecule has 13 rings (SSSR count). The summed E-state index contributed by atoms with van der Waals surface area (Å²) in [6.45, 7) is 28.6. The van der Waals surface area contributed by atoms with Gasteiger partial charge in [-0.2, -0.15) is 0 Å². The maximum Gasteiger partial charge on any atom is 0.252 e. The van der Waals surface area contributed by atoms with Crippen LogP contribution in [0.3, 0.4) is 0 Å². The molecule has 0 saturated carbocycles. The summed E-state index contributed by atoms with van der Waals surface area (Å²) in [5.41, 5.74) is 25.7. The van der Waals surface area contributed by atoms with E-state index in [1.807, 2.05) is 0 Å². The van der Waals surface area contributed by atoms with E-state index in [1.165, 1.54) is 127 Å². The van der Waals surface area contributed by atoms with E-state index in [1.54, 1.807) is 0 Å². The molecule has 3 aliphatic heterocycles. The molecule has 9 aromatic rings. The zero-order valence-corrected chi connectivity index (χ0v) is 38.4. The predicted octanol–water partition coefficient (Wildman–Crippen LogP) is 12.9. The van der Waals surface area contributed by atoms with Gasteiger partial charge >= 0.3 is 0 Å². The topological polar surface area (TPSA) is 9.86 Å². The fourth-order valence-corrected chi connectivity index (χ4v) is 12.5. The summed E-state index contributed by atoms with van der Waals surface area (Å²) in [5.74, 6) is 0. The summed E-state index contributed by atoms with van der Waals surface area (Å²) in [4.78, 5) is 0. The molecule has 5 heterocycles. The Morgan fingerprint density at radius 2 is 0.887 bits per heavy atom. The first kappa shape index (κ1) is 36.8. The Morgan fingerprint density at radius 1 is 0.403 bits per heavy atom. The molecule has 1 spiro atoms. The first-order valence-electron chi connectivity index (χ1n) is 23.0. The van der Waals surface area contributed by atoms with Crippen molar-refractivity contribution in [2.75, 3.05) is 0 Å². The zero-order chi connectivity index (χ0) is 42.9. The number of nitrogens with zero attached hydrogens (tertiary/aromatic N) is 2. The largest absolute Gasteiger partial charge is 0.310 e. The molecule has 62 heavy (non-hydrogen) atoms. The molecule has 3 heteroatoms. The Bertz CT molecular complexity index is 3510. The van der Waals surface area contributed by atoms with Crippen LogP contribution in [0, 0.1) is 0 Å². The molecular weight excluding hydrogens is 747 g/mol. The Morgan fingerprint density at radius 3 is 1.45 bits per heavy atom. The molecule has 304 valence electrons. The average Bonchev–Trinajstić information content (AvgIpc) is 3.84. The van der Waals surface area contributed by atoms with E-state index in [0.717, 1.165) is 0 Å². The van der Waals surface area contributed by atoms with Crippen LogP contribution >= 0.6 is 0 Å². The lowest BCUT2D eigenvalue weighted by molar-refractivity contribution is 0.588. The maximum absolute atomic E-state index is 2.77. The molecule has 0 amide bonds. The first-order valence-corrected chi connectivity index (χ1v) is 23.0. The fraction of sp³-hybridized carbons (Fsp3) is 0.288. The smallest absolute Gasteiger partial charge is 0.252 e. The second kappa shape index (κ2) is 11.0. The van der Waals surface area contributed by atoms with Crippen molar-refractivity contribution in [3.63, 3.8) is 0 Å². The van der Waals surface area contributed by atoms with Crippen molar-refractivity contribution in [1.82, 2.24) is 9.13 Å². The highest BCUT2D eigenvalue weighted by atomic mass is 15.1. The van der Waals surface area contributed by atoms with Gasteiger partial charge in [-0.3, -0.25) is 0 Å². The van der Waals surface area contributed by atoms with Crippen LogP contribution in [-0.2, 0) is 27.1 Å². The Hall–Kier alpha value is -5.80. The third kappa shape index (κ3) is 4.24. The maximum atomic E-state index is 2.77. The van der Waals surface area contributed by atoms with Crippen LogP contribution in [0.1, 0.15) is 128 Å². The molecule has 2 nitrogen and oxygen atoms in total. The Kier molecular flexibility index (Phi) is 6.56. The van der Waals surface area contributed by atoms with E-state index in [2.05, 4.69) is 207 Å². The zero-order valence-electron chi connectivity index (χ0n) is 38.4. The van der Waals surface area contributed by atoms with Gasteiger partial charge in [-0.15, -0.1) is 0 Å². The van der Waals surface area contributed by atoms with Crippen molar-refractivity contribution in [2.24, 2.45) is 0 Å². The van der Waals surface area contributed by atoms with E-state index < -0.39 is 5.41 Å². The molecule has 2 aromatic heterocycles. The van der Waals surface area contributed by atoms with Crippen LogP contribution in [0.5, 0.6) is 0 Å². The van der Waals surface area contributed by atoms with Gasteiger partial charge in [0, 0.05) is 44.0 Å². The van der Waals surface area contributed by atoms with Crippen molar-refractivity contribution >= 4 is 66.7 Å². The van der Waals surface area contributed by atoms with E-state index in [9.17, 15) is 0 Å². The summed E-state index contributed by atoms with van der Waals surface area (Å²) in [7, 11) is 0. The minimum absolute atomic E-state index is 0.0338. The normalized spacial score (nSPS) is 15.5. The van der Waals surface area contributed by atoms with Crippen molar-refractivity contribution in [2.45, 2.75) is 110 Å². The number of aromatic nitrogens is 2. The van der Waals surface area contributed by atoms with Crippen molar-refractivity contribution in [1.29, 1.82) is 0 Å². The lowest BCUT2D eigenvalue weighted by atomic mass is 9.33. The quantitative estimate of drug-likeness (QED) is 0.135. The molecule has 0 atom stereocenters. The summed E-state index contributed by atoms with van der Waals surface area (Å²) < 4.78 is 5.44. The number of hydrogen-bond acceptors (Lipinski definition) is 0. The molecule has 1 aliphatic carbocycles. The van der Waals surface area contributed by atoms with Gasteiger partial charge in [0.05, 0.1) is 16.4 Å². The fourth-order valence-electron chi connectivity index (χ4n) is 12.5. The Labute approximate surface area is 366 Å². The van der Waals surface area contributed by atoms with Crippen LogP contribution in [0.15, 0.2) is 115 Å². The number of fused-ring (bicyclic) bond motifs is 14. The van der Waals surface area contributed by atoms with Crippen LogP contribution in [0.25, 0.3) is 66.1 Å². The second-order valence-electron chi connectivity index (χ2n) is 23.4. The van der Waals surface area contributed by atoms with E-state index in [-0.39, 0.29) is 28.4 Å². The molecular formula is C59H55BN2. The summed E-state index contributed by atoms with van der Waals surface area (Å²) in [6.07, 6.45) is 0. The second-order valence-corrected chi connectivity index (χ2v) is 23.4. The lowest BCUT2D eigenvalue weighted by Gasteiger charge is -2.44. The summed E-state index contributed by atoms with van der Waals surface area (Å²) in [6, 6.07) is 46.6. The monoisotopic (exact) mass is 802 g/mol. The molecule has 0 unspecified atom stereocenters. The standard InChI is InChI=1S/C59H55BN2/c1-55(2,3)32-21-23-48-38(25-32)39-27-34(57(7,8)9)30-46-52(39)61(48)49-24-22-44-54-50(49)60(46)47-31-35(58(10,11)12)28-41-40-26-33(56(4,5)6)29-45(51(40)62(54)53(41)47)59(44)42-19-15-13-17-36(42)37-18-14-16-20-43(37)59/h13-31H,1-12H3. The first-order chi connectivity index (χ1) is 29.3. The predicted molar refractivity (Wildman–Crippen MR) is 265 cm³/mol. The highest BCUT2D eigenvalue weighted by Gasteiger charge is 2.54. The van der Waals surface area contributed by atoms with Gasteiger partial charge in [0.2, 0.25) is 0 Å². The van der Waals surface area contributed by atoms with E-state index in [4.69, 9.17) is 0 Å². The number of hydrogen-bond donors (Lipinski definition) is 0. The van der Waals surface area contributed by atoms with Crippen molar-refractivity contribution in [3.05, 3.63) is 160 Å². The minimum Gasteiger partial charge on any atom is -0.310 e. The van der Waals surface area contributed by atoms with Crippen LogP contribution in [0.2, 0.25) is 0 Å². The van der Waals surface area contributed by atoms with Crippen LogP contribution in [0.4, 0.5) is 0 Å². The van der Waals surface area contributed by atoms with Crippen molar-refractivity contribution in [3.8, 4) is 22.5 Å². The van der Waals surface area contributed by atoms with Gasteiger partial charge in [-0.05, 0) is 130 Å². The molecule has 0 saturated heterocycles. The minimum atomic E-state index is -0.500. The lowest BCUT2D eigenvalue weighted by Crippen LogP contribution is -2.60. The SMILES string of the molecule is CC(C)(C)c1ccc2c(c1)c1cc(C(C)(C)C)cc3c1n2-c1ccc2c4c1B3c1cc(C(C)(C)C)cc3c5cc(C(C)(C)C)cc(c5n-4c13)C21c2ccccc2-c2ccccc21.